The minimum absolute atomic E-state index is 0.0711. The van der Waals surface area contributed by atoms with Crippen LogP contribution in [0.25, 0.3) is 0 Å². The minimum Gasteiger partial charge on any atom is -0.493 e. The molecule has 0 fully saturated rings. The number of carbonyl (C=O) groups excluding carboxylic acids is 1. The number of methoxy groups -OCH3 is 1. The Hall–Kier alpha value is -2.20. The molecule has 2 aromatic carbocycles. The third-order valence-electron chi connectivity index (χ3n) is 3.18. The molecule has 0 aliphatic heterocycles. The Kier molecular flexibility index (Phi) is 5.67. The van der Waals surface area contributed by atoms with E-state index in [9.17, 15) is 4.79 Å². The van der Waals surface area contributed by atoms with Gasteiger partial charge in [-0.2, -0.15) is 0 Å². The smallest absolute Gasteiger partial charge is 0.258 e. The monoisotopic (exact) mass is 319 g/mol. The number of hydrogen-bond acceptors (Lipinski definition) is 3. The standard InChI is InChI=1S/C17H18ClNO3/c1-12(13-7-9-14(18)10-8-13)19-17(20)11-22-16-6-4-3-5-15(16)21-2/h3-10,12H,11H2,1-2H3,(H,19,20)/t12-/m0/s1. The maximum Gasteiger partial charge on any atom is 0.258 e. The zero-order chi connectivity index (χ0) is 15.9. The second-order valence-electron chi connectivity index (χ2n) is 4.78. The van der Waals surface area contributed by atoms with Crippen LogP contribution < -0.4 is 14.8 Å². The number of nitrogens with one attached hydrogen (secondary N) is 1. The third-order valence-corrected chi connectivity index (χ3v) is 3.43. The first kappa shape index (κ1) is 16.2. The summed E-state index contributed by atoms with van der Waals surface area (Å²) in [6.45, 7) is 1.84. The highest BCUT2D eigenvalue weighted by molar-refractivity contribution is 6.30. The number of ether oxygens (including phenoxy) is 2. The van der Waals surface area contributed by atoms with Crippen LogP contribution in [-0.4, -0.2) is 19.6 Å². The van der Waals surface area contributed by atoms with E-state index in [-0.39, 0.29) is 18.6 Å². The van der Waals surface area contributed by atoms with Crippen molar-refractivity contribution in [3.63, 3.8) is 0 Å². The van der Waals surface area contributed by atoms with Gasteiger partial charge in [-0.3, -0.25) is 4.79 Å². The van der Waals surface area contributed by atoms with Crippen LogP contribution in [0.1, 0.15) is 18.5 Å². The molecule has 1 amide bonds. The fourth-order valence-corrected chi connectivity index (χ4v) is 2.13. The summed E-state index contributed by atoms with van der Waals surface area (Å²) in [5.74, 6) is 0.939. The SMILES string of the molecule is COc1ccccc1OCC(=O)N[C@@H](C)c1ccc(Cl)cc1. The molecule has 0 spiro atoms. The Morgan fingerprint density at radius 2 is 1.77 bits per heavy atom. The molecular formula is C17H18ClNO3. The summed E-state index contributed by atoms with van der Waals surface area (Å²) in [5, 5.41) is 3.54. The fourth-order valence-electron chi connectivity index (χ4n) is 2.00. The highest BCUT2D eigenvalue weighted by Gasteiger charge is 2.11. The minimum atomic E-state index is -0.201. The first-order valence-electron chi connectivity index (χ1n) is 6.91. The topological polar surface area (TPSA) is 47.6 Å². The van der Waals surface area contributed by atoms with Crippen molar-refractivity contribution in [2.24, 2.45) is 0 Å². The van der Waals surface area contributed by atoms with Gasteiger partial charge < -0.3 is 14.8 Å². The van der Waals surface area contributed by atoms with Gasteiger partial charge in [-0.25, -0.2) is 0 Å². The molecule has 116 valence electrons. The molecule has 0 aliphatic rings. The third kappa shape index (κ3) is 4.40. The Morgan fingerprint density at radius 1 is 1.14 bits per heavy atom. The van der Waals surface area contributed by atoms with Gasteiger partial charge in [0.2, 0.25) is 0 Å². The average Bonchev–Trinajstić information content (AvgIpc) is 2.53. The normalized spacial score (nSPS) is 11.6. The van der Waals surface area contributed by atoms with Gasteiger partial charge in [0.15, 0.2) is 18.1 Å². The van der Waals surface area contributed by atoms with Crippen molar-refractivity contribution >= 4 is 17.5 Å². The van der Waals surface area contributed by atoms with E-state index in [1.54, 1.807) is 31.4 Å². The lowest BCUT2D eigenvalue weighted by Gasteiger charge is -2.15. The molecule has 0 heterocycles. The van der Waals surface area contributed by atoms with E-state index in [1.165, 1.54) is 0 Å². The Balaban J connectivity index is 1.88. The van der Waals surface area contributed by atoms with E-state index in [2.05, 4.69) is 5.32 Å². The van der Waals surface area contributed by atoms with Gasteiger partial charge in [-0.1, -0.05) is 35.9 Å². The molecule has 2 rings (SSSR count). The number of amides is 1. The van der Waals surface area contributed by atoms with Crippen molar-refractivity contribution in [2.75, 3.05) is 13.7 Å². The second-order valence-corrected chi connectivity index (χ2v) is 5.22. The summed E-state index contributed by atoms with van der Waals surface area (Å²) < 4.78 is 10.7. The summed E-state index contributed by atoms with van der Waals surface area (Å²) >= 11 is 5.85. The molecule has 0 bridgehead atoms. The van der Waals surface area contributed by atoms with E-state index in [0.717, 1.165) is 5.56 Å². The number of benzene rings is 2. The van der Waals surface area contributed by atoms with Crippen molar-refractivity contribution in [3.8, 4) is 11.5 Å². The molecule has 4 nitrogen and oxygen atoms in total. The van der Waals surface area contributed by atoms with Crippen LogP contribution in [-0.2, 0) is 4.79 Å². The van der Waals surface area contributed by atoms with E-state index in [0.29, 0.717) is 16.5 Å². The van der Waals surface area contributed by atoms with Crippen LogP contribution in [0, 0.1) is 0 Å². The van der Waals surface area contributed by atoms with Crippen LogP contribution in [0.15, 0.2) is 48.5 Å². The zero-order valence-electron chi connectivity index (χ0n) is 12.5. The summed E-state index contributed by atoms with van der Waals surface area (Å²) in [5.41, 5.74) is 0.982. The lowest BCUT2D eigenvalue weighted by Crippen LogP contribution is -2.31. The lowest BCUT2D eigenvalue weighted by atomic mass is 10.1. The summed E-state index contributed by atoms with van der Waals surface area (Å²) in [4.78, 5) is 12.0. The number of hydrogen-bond donors (Lipinski definition) is 1. The summed E-state index contributed by atoms with van der Waals surface area (Å²) in [6, 6.07) is 14.4. The number of halogens is 1. The Morgan fingerprint density at radius 3 is 2.41 bits per heavy atom. The van der Waals surface area contributed by atoms with E-state index >= 15 is 0 Å². The number of para-hydroxylation sites is 2. The first-order chi connectivity index (χ1) is 10.6. The largest absolute Gasteiger partial charge is 0.493 e. The molecule has 0 saturated heterocycles. The molecule has 0 aliphatic carbocycles. The fraction of sp³-hybridized carbons (Fsp3) is 0.235. The van der Waals surface area contributed by atoms with Gasteiger partial charge in [0, 0.05) is 5.02 Å². The quantitative estimate of drug-likeness (QED) is 0.885. The van der Waals surface area contributed by atoms with Crippen molar-refractivity contribution < 1.29 is 14.3 Å². The molecule has 0 aromatic heterocycles. The maximum absolute atomic E-state index is 12.0. The molecular weight excluding hydrogens is 302 g/mol. The summed E-state index contributed by atoms with van der Waals surface area (Å²) in [7, 11) is 1.56. The molecule has 0 saturated carbocycles. The molecule has 22 heavy (non-hydrogen) atoms. The Bertz CT molecular complexity index is 628. The molecule has 0 radical (unpaired) electrons. The van der Waals surface area contributed by atoms with Crippen molar-refractivity contribution in [2.45, 2.75) is 13.0 Å². The first-order valence-corrected chi connectivity index (χ1v) is 7.28. The van der Waals surface area contributed by atoms with E-state index in [4.69, 9.17) is 21.1 Å². The van der Waals surface area contributed by atoms with Crippen molar-refractivity contribution in [3.05, 3.63) is 59.1 Å². The molecule has 1 atom stereocenters. The van der Waals surface area contributed by atoms with E-state index < -0.39 is 0 Å². The molecule has 1 N–H and O–H groups in total. The molecule has 5 heteroatoms. The van der Waals surface area contributed by atoms with Gasteiger partial charge in [0.05, 0.1) is 13.2 Å². The highest BCUT2D eigenvalue weighted by atomic mass is 35.5. The molecule has 0 unspecified atom stereocenters. The van der Waals surface area contributed by atoms with Crippen LogP contribution >= 0.6 is 11.6 Å². The van der Waals surface area contributed by atoms with Gasteiger partial charge >= 0.3 is 0 Å². The van der Waals surface area contributed by atoms with Crippen LogP contribution in [0.2, 0.25) is 5.02 Å². The number of carbonyl (C=O) groups is 1. The zero-order valence-corrected chi connectivity index (χ0v) is 13.3. The van der Waals surface area contributed by atoms with Gasteiger partial charge in [-0.05, 0) is 36.8 Å². The summed E-state index contributed by atoms with van der Waals surface area (Å²) in [6.07, 6.45) is 0. The average molecular weight is 320 g/mol. The van der Waals surface area contributed by atoms with Gasteiger partial charge in [0.25, 0.3) is 5.91 Å². The van der Waals surface area contributed by atoms with Crippen LogP contribution in [0.3, 0.4) is 0 Å². The number of rotatable bonds is 6. The van der Waals surface area contributed by atoms with Crippen LogP contribution in [0.5, 0.6) is 11.5 Å². The maximum atomic E-state index is 12.0. The lowest BCUT2D eigenvalue weighted by molar-refractivity contribution is -0.123. The van der Waals surface area contributed by atoms with Gasteiger partial charge in [0.1, 0.15) is 0 Å². The Labute approximate surface area is 135 Å². The molecule has 2 aromatic rings. The predicted octanol–water partition coefficient (Wildman–Crippen LogP) is 3.60. The second kappa shape index (κ2) is 7.71. The van der Waals surface area contributed by atoms with Crippen LogP contribution in [0.4, 0.5) is 0 Å². The highest BCUT2D eigenvalue weighted by Crippen LogP contribution is 2.25. The van der Waals surface area contributed by atoms with Gasteiger partial charge in [-0.15, -0.1) is 0 Å². The predicted molar refractivity (Wildman–Crippen MR) is 86.5 cm³/mol. The van der Waals surface area contributed by atoms with Crippen molar-refractivity contribution in [1.82, 2.24) is 5.32 Å². The van der Waals surface area contributed by atoms with Crippen molar-refractivity contribution in [1.29, 1.82) is 0 Å². The van der Waals surface area contributed by atoms with E-state index in [1.807, 2.05) is 31.2 Å².